The maximum atomic E-state index is 11.3. The van der Waals surface area contributed by atoms with Crippen molar-refractivity contribution in [2.75, 3.05) is 6.54 Å². The molecule has 0 aliphatic carbocycles. The summed E-state index contributed by atoms with van der Waals surface area (Å²) in [6, 6.07) is 9.94. The molecular weight excluding hydrogens is 240 g/mol. The standard InChI is InChI=1S/C15H20N2O2/c1-10(17-9-15(2,3)14(16)18)13-8-11-6-4-5-7-12(11)19-13/h4-8,10,17H,9H2,1-3H3,(H2,16,18). The van der Waals surface area contributed by atoms with Crippen molar-refractivity contribution in [1.82, 2.24) is 5.32 Å². The number of hydrogen-bond donors (Lipinski definition) is 2. The Hall–Kier alpha value is -1.81. The normalized spacial score (nSPS) is 13.6. The summed E-state index contributed by atoms with van der Waals surface area (Å²) in [6.07, 6.45) is 0. The molecule has 0 radical (unpaired) electrons. The molecule has 102 valence electrons. The topological polar surface area (TPSA) is 68.3 Å². The maximum absolute atomic E-state index is 11.3. The van der Waals surface area contributed by atoms with Crippen LogP contribution in [0.25, 0.3) is 11.0 Å². The summed E-state index contributed by atoms with van der Waals surface area (Å²) in [7, 11) is 0. The minimum absolute atomic E-state index is 0.0334. The van der Waals surface area contributed by atoms with Gasteiger partial charge in [-0.1, -0.05) is 18.2 Å². The first kappa shape index (κ1) is 13.6. The van der Waals surface area contributed by atoms with Gasteiger partial charge in [0.2, 0.25) is 5.91 Å². The number of amides is 1. The summed E-state index contributed by atoms with van der Waals surface area (Å²) < 4.78 is 5.78. The van der Waals surface area contributed by atoms with Crippen molar-refractivity contribution < 1.29 is 9.21 Å². The van der Waals surface area contributed by atoms with Crippen molar-refractivity contribution in [3.05, 3.63) is 36.1 Å². The van der Waals surface area contributed by atoms with Gasteiger partial charge in [-0.25, -0.2) is 0 Å². The molecule has 4 heteroatoms. The lowest BCUT2D eigenvalue weighted by molar-refractivity contribution is -0.125. The van der Waals surface area contributed by atoms with Crippen molar-refractivity contribution in [3.8, 4) is 0 Å². The number of carbonyl (C=O) groups is 1. The van der Waals surface area contributed by atoms with Gasteiger partial charge in [-0.05, 0) is 32.9 Å². The Balaban J connectivity index is 2.08. The molecule has 0 saturated heterocycles. The van der Waals surface area contributed by atoms with Crippen molar-refractivity contribution in [2.24, 2.45) is 11.1 Å². The van der Waals surface area contributed by atoms with Gasteiger partial charge < -0.3 is 15.5 Å². The van der Waals surface area contributed by atoms with Gasteiger partial charge in [-0.15, -0.1) is 0 Å². The minimum atomic E-state index is -0.569. The quantitative estimate of drug-likeness (QED) is 0.868. The number of hydrogen-bond acceptors (Lipinski definition) is 3. The zero-order valence-corrected chi connectivity index (χ0v) is 11.6. The van der Waals surface area contributed by atoms with Crippen LogP contribution in [0.5, 0.6) is 0 Å². The number of benzene rings is 1. The summed E-state index contributed by atoms with van der Waals surface area (Å²) in [5.41, 5.74) is 5.66. The molecule has 0 aliphatic heterocycles. The lowest BCUT2D eigenvalue weighted by Crippen LogP contribution is -2.41. The molecule has 0 saturated carbocycles. The molecule has 0 bridgehead atoms. The number of rotatable bonds is 5. The van der Waals surface area contributed by atoms with Gasteiger partial charge in [-0.3, -0.25) is 4.79 Å². The van der Waals surface area contributed by atoms with E-state index in [1.54, 1.807) is 0 Å². The van der Waals surface area contributed by atoms with Gasteiger partial charge in [0.1, 0.15) is 11.3 Å². The summed E-state index contributed by atoms with van der Waals surface area (Å²) in [4.78, 5) is 11.3. The van der Waals surface area contributed by atoms with Crippen molar-refractivity contribution >= 4 is 16.9 Å². The largest absolute Gasteiger partial charge is 0.459 e. The van der Waals surface area contributed by atoms with Crippen molar-refractivity contribution in [3.63, 3.8) is 0 Å². The first-order valence-electron chi connectivity index (χ1n) is 6.42. The Labute approximate surface area is 113 Å². The zero-order chi connectivity index (χ0) is 14.0. The molecule has 1 unspecified atom stereocenters. The van der Waals surface area contributed by atoms with E-state index in [1.165, 1.54) is 0 Å². The Morgan fingerprint density at radius 2 is 2.11 bits per heavy atom. The lowest BCUT2D eigenvalue weighted by Gasteiger charge is -2.23. The first-order valence-corrected chi connectivity index (χ1v) is 6.42. The van der Waals surface area contributed by atoms with Crippen LogP contribution in [-0.2, 0) is 4.79 Å². The van der Waals surface area contributed by atoms with Crippen LogP contribution in [-0.4, -0.2) is 12.5 Å². The van der Waals surface area contributed by atoms with E-state index in [4.69, 9.17) is 10.2 Å². The highest BCUT2D eigenvalue weighted by Crippen LogP contribution is 2.24. The van der Waals surface area contributed by atoms with Crippen LogP contribution in [0, 0.1) is 5.41 Å². The Kier molecular flexibility index (Phi) is 3.62. The van der Waals surface area contributed by atoms with E-state index in [9.17, 15) is 4.79 Å². The van der Waals surface area contributed by atoms with E-state index in [2.05, 4.69) is 5.32 Å². The second-order valence-electron chi connectivity index (χ2n) is 5.54. The van der Waals surface area contributed by atoms with E-state index in [0.29, 0.717) is 6.54 Å². The second kappa shape index (κ2) is 5.05. The molecule has 1 aromatic heterocycles. The molecule has 1 heterocycles. The molecule has 19 heavy (non-hydrogen) atoms. The zero-order valence-electron chi connectivity index (χ0n) is 11.6. The first-order chi connectivity index (χ1) is 8.90. The van der Waals surface area contributed by atoms with E-state index in [0.717, 1.165) is 16.7 Å². The highest BCUT2D eigenvalue weighted by molar-refractivity contribution is 5.80. The molecule has 1 amide bonds. The van der Waals surface area contributed by atoms with Crippen LogP contribution >= 0.6 is 0 Å². The molecular formula is C15H20N2O2. The Morgan fingerprint density at radius 1 is 1.42 bits per heavy atom. The lowest BCUT2D eigenvalue weighted by atomic mass is 9.92. The summed E-state index contributed by atoms with van der Waals surface area (Å²) in [5, 5.41) is 4.37. The number of para-hydroxylation sites is 1. The molecule has 4 nitrogen and oxygen atoms in total. The maximum Gasteiger partial charge on any atom is 0.224 e. The minimum Gasteiger partial charge on any atom is -0.459 e. The number of primary amides is 1. The average Bonchev–Trinajstić information content (AvgIpc) is 2.79. The number of furan rings is 1. The molecule has 1 atom stereocenters. The van der Waals surface area contributed by atoms with Crippen LogP contribution in [0.2, 0.25) is 0 Å². The van der Waals surface area contributed by atoms with Gasteiger partial charge in [0.05, 0.1) is 11.5 Å². The summed E-state index contributed by atoms with van der Waals surface area (Å²) >= 11 is 0. The van der Waals surface area contributed by atoms with Crippen LogP contribution in [0.1, 0.15) is 32.6 Å². The van der Waals surface area contributed by atoms with Gasteiger partial charge in [0.25, 0.3) is 0 Å². The third-order valence-electron chi connectivity index (χ3n) is 3.39. The summed E-state index contributed by atoms with van der Waals surface area (Å²) in [6.45, 7) is 6.18. The smallest absolute Gasteiger partial charge is 0.224 e. The fraction of sp³-hybridized carbons (Fsp3) is 0.400. The highest BCUT2D eigenvalue weighted by Gasteiger charge is 2.25. The number of carbonyl (C=O) groups excluding carboxylic acids is 1. The molecule has 0 fully saturated rings. The van der Waals surface area contributed by atoms with Crippen molar-refractivity contribution in [2.45, 2.75) is 26.8 Å². The predicted octanol–water partition coefficient (Wildman–Crippen LogP) is 2.59. The number of nitrogens with two attached hydrogens (primary N) is 1. The van der Waals surface area contributed by atoms with Gasteiger partial charge in [0.15, 0.2) is 0 Å². The van der Waals surface area contributed by atoms with Gasteiger partial charge in [0, 0.05) is 11.9 Å². The SMILES string of the molecule is CC(NCC(C)(C)C(N)=O)c1cc2ccccc2o1. The number of nitrogens with one attached hydrogen (secondary N) is 1. The van der Waals surface area contributed by atoms with Crippen LogP contribution in [0.15, 0.2) is 34.7 Å². The molecule has 3 N–H and O–H groups in total. The third-order valence-corrected chi connectivity index (χ3v) is 3.39. The van der Waals surface area contributed by atoms with E-state index in [1.807, 2.05) is 51.1 Å². The van der Waals surface area contributed by atoms with Crippen LogP contribution in [0.4, 0.5) is 0 Å². The van der Waals surface area contributed by atoms with Crippen LogP contribution < -0.4 is 11.1 Å². The fourth-order valence-electron chi connectivity index (χ4n) is 1.81. The van der Waals surface area contributed by atoms with E-state index in [-0.39, 0.29) is 11.9 Å². The Bertz CT molecular complexity index is 554. The molecule has 0 aliphatic rings. The van der Waals surface area contributed by atoms with E-state index < -0.39 is 5.41 Å². The molecule has 2 rings (SSSR count). The average molecular weight is 260 g/mol. The second-order valence-corrected chi connectivity index (χ2v) is 5.54. The van der Waals surface area contributed by atoms with E-state index >= 15 is 0 Å². The number of fused-ring (bicyclic) bond motifs is 1. The third kappa shape index (κ3) is 2.96. The van der Waals surface area contributed by atoms with Crippen molar-refractivity contribution in [1.29, 1.82) is 0 Å². The molecule has 2 aromatic rings. The Morgan fingerprint density at radius 3 is 2.74 bits per heavy atom. The molecule has 1 aromatic carbocycles. The monoisotopic (exact) mass is 260 g/mol. The van der Waals surface area contributed by atoms with Crippen LogP contribution in [0.3, 0.4) is 0 Å². The highest BCUT2D eigenvalue weighted by atomic mass is 16.3. The fourth-order valence-corrected chi connectivity index (χ4v) is 1.81. The predicted molar refractivity (Wildman–Crippen MR) is 75.6 cm³/mol. The van der Waals surface area contributed by atoms with Gasteiger partial charge >= 0.3 is 0 Å². The van der Waals surface area contributed by atoms with Gasteiger partial charge in [-0.2, -0.15) is 0 Å². The molecule has 0 spiro atoms. The summed E-state index contributed by atoms with van der Waals surface area (Å²) in [5.74, 6) is 0.554.